The highest BCUT2D eigenvalue weighted by Crippen LogP contribution is 2.19. The lowest BCUT2D eigenvalue weighted by molar-refractivity contribution is 0.0664. The Kier molecular flexibility index (Phi) is 5.86. The average Bonchev–Trinajstić information content (AvgIpc) is 2.72. The van der Waals surface area contributed by atoms with Crippen LogP contribution < -0.4 is 5.32 Å². The molecule has 3 rings (SSSR count). The molecule has 0 saturated carbocycles. The van der Waals surface area contributed by atoms with Crippen molar-refractivity contribution in [2.45, 2.75) is 12.8 Å². The van der Waals surface area contributed by atoms with Crippen LogP contribution in [0.3, 0.4) is 0 Å². The number of amides is 2. The van der Waals surface area contributed by atoms with Crippen LogP contribution in [0.2, 0.25) is 0 Å². The number of rotatable bonds is 5. The van der Waals surface area contributed by atoms with Crippen LogP contribution in [0.25, 0.3) is 0 Å². The zero-order valence-corrected chi connectivity index (χ0v) is 14.9. The minimum atomic E-state index is -1.01. The van der Waals surface area contributed by atoms with Gasteiger partial charge in [0.05, 0.1) is 5.56 Å². The van der Waals surface area contributed by atoms with Crippen LogP contribution >= 0.6 is 0 Å². The Labute approximate surface area is 157 Å². The first kappa shape index (κ1) is 18.6. The van der Waals surface area contributed by atoms with E-state index in [1.165, 1.54) is 12.1 Å². The van der Waals surface area contributed by atoms with Gasteiger partial charge in [-0.1, -0.05) is 18.2 Å². The summed E-state index contributed by atoms with van der Waals surface area (Å²) in [5.41, 5.74) is 1.26. The Morgan fingerprint density at radius 1 is 0.963 bits per heavy atom. The molecule has 1 fully saturated rings. The van der Waals surface area contributed by atoms with Crippen molar-refractivity contribution in [1.29, 1.82) is 0 Å². The zero-order valence-electron chi connectivity index (χ0n) is 14.9. The van der Waals surface area contributed by atoms with Gasteiger partial charge in [0.15, 0.2) is 0 Å². The van der Waals surface area contributed by atoms with Gasteiger partial charge in [-0.2, -0.15) is 0 Å². The molecule has 27 heavy (non-hydrogen) atoms. The first-order valence-corrected chi connectivity index (χ1v) is 9.00. The van der Waals surface area contributed by atoms with Crippen molar-refractivity contribution >= 4 is 17.8 Å². The fourth-order valence-corrected chi connectivity index (χ4v) is 3.28. The molecule has 1 aliphatic heterocycles. The molecule has 1 unspecified atom stereocenters. The van der Waals surface area contributed by atoms with Crippen LogP contribution in [0, 0.1) is 5.92 Å². The van der Waals surface area contributed by atoms with Crippen molar-refractivity contribution in [3.63, 3.8) is 0 Å². The number of benzene rings is 2. The molecule has 6 heteroatoms. The number of piperidine rings is 1. The number of aromatic carboxylic acids is 1. The maximum absolute atomic E-state index is 12.7. The number of carbonyl (C=O) groups excluding carboxylic acids is 2. The lowest BCUT2D eigenvalue weighted by atomic mass is 9.97. The number of carboxylic acid groups (broad SMARTS) is 1. The van der Waals surface area contributed by atoms with Gasteiger partial charge >= 0.3 is 5.97 Å². The molecule has 0 aliphatic carbocycles. The lowest BCUT2D eigenvalue weighted by Gasteiger charge is -2.33. The fourth-order valence-electron chi connectivity index (χ4n) is 3.28. The quantitative estimate of drug-likeness (QED) is 0.852. The van der Waals surface area contributed by atoms with Gasteiger partial charge < -0.3 is 15.3 Å². The monoisotopic (exact) mass is 366 g/mol. The Morgan fingerprint density at radius 3 is 2.30 bits per heavy atom. The van der Waals surface area contributed by atoms with Gasteiger partial charge in [0.2, 0.25) is 0 Å². The number of hydrogen-bond donors (Lipinski definition) is 2. The molecular formula is C21H22N2O4. The average molecular weight is 366 g/mol. The summed E-state index contributed by atoms with van der Waals surface area (Å²) in [6.07, 6.45) is 1.83. The zero-order chi connectivity index (χ0) is 19.2. The maximum Gasteiger partial charge on any atom is 0.335 e. The van der Waals surface area contributed by atoms with Crippen LogP contribution in [-0.4, -0.2) is 47.4 Å². The van der Waals surface area contributed by atoms with E-state index in [4.69, 9.17) is 5.11 Å². The SMILES string of the molecule is O=C(O)c1ccc(C(=O)N2CCCC(CNC(=O)c3ccccc3)C2)cc1. The summed E-state index contributed by atoms with van der Waals surface area (Å²) in [6, 6.07) is 15.0. The topological polar surface area (TPSA) is 86.7 Å². The van der Waals surface area contributed by atoms with Gasteiger partial charge in [0.1, 0.15) is 0 Å². The second-order valence-corrected chi connectivity index (χ2v) is 6.72. The highest BCUT2D eigenvalue weighted by Gasteiger charge is 2.25. The summed E-state index contributed by atoms with van der Waals surface area (Å²) < 4.78 is 0. The van der Waals surface area contributed by atoms with E-state index < -0.39 is 5.97 Å². The van der Waals surface area contributed by atoms with Crippen LogP contribution in [-0.2, 0) is 0 Å². The number of carboxylic acids is 1. The molecule has 2 aromatic rings. The van der Waals surface area contributed by atoms with Crippen molar-refractivity contribution in [1.82, 2.24) is 10.2 Å². The third kappa shape index (κ3) is 4.73. The van der Waals surface area contributed by atoms with Gasteiger partial charge in [-0.05, 0) is 55.2 Å². The number of nitrogens with one attached hydrogen (secondary N) is 1. The molecule has 0 aromatic heterocycles. The van der Waals surface area contributed by atoms with Gasteiger partial charge in [0, 0.05) is 30.8 Å². The molecule has 0 radical (unpaired) electrons. The molecule has 2 amide bonds. The summed E-state index contributed by atoms with van der Waals surface area (Å²) in [5, 5.41) is 11.9. The highest BCUT2D eigenvalue weighted by molar-refractivity contribution is 5.96. The molecule has 6 nitrogen and oxygen atoms in total. The Morgan fingerprint density at radius 2 is 1.63 bits per heavy atom. The first-order valence-electron chi connectivity index (χ1n) is 9.00. The number of nitrogens with zero attached hydrogens (tertiary/aromatic N) is 1. The van der Waals surface area contributed by atoms with Gasteiger partial charge in [-0.25, -0.2) is 4.79 Å². The summed E-state index contributed by atoms with van der Waals surface area (Å²) in [6.45, 7) is 1.77. The molecule has 1 saturated heterocycles. The van der Waals surface area contributed by atoms with Crippen molar-refractivity contribution < 1.29 is 19.5 Å². The molecule has 1 aliphatic rings. The first-order chi connectivity index (χ1) is 13.0. The normalized spacial score (nSPS) is 16.6. The van der Waals surface area contributed by atoms with E-state index in [0.29, 0.717) is 30.8 Å². The molecule has 2 aromatic carbocycles. The van der Waals surface area contributed by atoms with E-state index in [1.54, 1.807) is 29.2 Å². The van der Waals surface area contributed by atoms with E-state index in [1.807, 2.05) is 18.2 Å². The minimum absolute atomic E-state index is 0.106. The lowest BCUT2D eigenvalue weighted by Crippen LogP contribution is -2.43. The van der Waals surface area contributed by atoms with Crippen LogP contribution in [0.1, 0.15) is 43.9 Å². The molecule has 0 bridgehead atoms. The molecule has 1 heterocycles. The predicted molar refractivity (Wildman–Crippen MR) is 101 cm³/mol. The van der Waals surface area contributed by atoms with Crippen LogP contribution in [0.5, 0.6) is 0 Å². The Bertz CT molecular complexity index is 818. The molecule has 140 valence electrons. The van der Waals surface area contributed by atoms with Crippen LogP contribution in [0.15, 0.2) is 54.6 Å². The second kappa shape index (κ2) is 8.49. The largest absolute Gasteiger partial charge is 0.478 e. The molecule has 0 spiro atoms. The summed E-state index contributed by atoms with van der Waals surface area (Å²) >= 11 is 0. The summed E-state index contributed by atoms with van der Waals surface area (Å²) in [5.74, 6) is -1.02. The van der Waals surface area contributed by atoms with Gasteiger partial charge in [0.25, 0.3) is 11.8 Å². The smallest absolute Gasteiger partial charge is 0.335 e. The van der Waals surface area contributed by atoms with E-state index >= 15 is 0 Å². The third-order valence-corrected chi connectivity index (χ3v) is 4.77. The van der Waals surface area contributed by atoms with Crippen LogP contribution in [0.4, 0.5) is 0 Å². The van der Waals surface area contributed by atoms with E-state index in [0.717, 1.165) is 12.8 Å². The summed E-state index contributed by atoms with van der Waals surface area (Å²) in [7, 11) is 0. The standard InChI is InChI=1S/C21H22N2O4/c24-19(16-6-2-1-3-7-16)22-13-15-5-4-12-23(14-15)20(25)17-8-10-18(11-9-17)21(26)27/h1-3,6-11,15H,4-5,12-14H2,(H,22,24)(H,26,27). The maximum atomic E-state index is 12.7. The van der Waals surface area contributed by atoms with Crippen molar-refractivity contribution in [3.8, 4) is 0 Å². The summed E-state index contributed by atoms with van der Waals surface area (Å²) in [4.78, 5) is 37.6. The second-order valence-electron chi connectivity index (χ2n) is 6.72. The minimum Gasteiger partial charge on any atom is -0.478 e. The van der Waals surface area contributed by atoms with E-state index in [9.17, 15) is 14.4 Å². The van der Waals surface area contributed by atoms with Crippen molar-refractivity contribution in [3.05, 3.63) is 71.3 Å². The van der Waals surface area contributed by atoms with Crippen molar-refractivity contribution in [2.75, 3.05) is 19.6 Å². The molecule has 2 N–H and O–H groups in total. The van der Waals surface area contributed by atoms with E-state index in [2.05, 4.69) is 5.32 Å². The molecular weight excluding hydrogens is 344 g/mol. The third-order valence-electron chi connectivity index (χ3n) is 4.77. The van der Waals surface area contributed by atoms with Gasteiger partial charge in [-0.3, -0.25) is 9.59 Å². The number of likely N-dealkylation sites (tertiary alicyclic amines) is 1. The predicted octanol–water partition coefficient (Wildman–Crippen LogP) is 2.67. The Balaban J connectivity index is 1.56. The number of hydrogen-bond acceptors (Lipinski definition) is 3. The Hall–Kier alpha value is -3.15. The van der Waals surface area contributed by atoms with Gasteiger partial charge in [-0.15, -0.1) is 0 Å². The molecule has 1 atom stereocenters. The van der Waals surface area contributed by atoms with E-state index in [-0.39, 0.29) is 23.3 Å². The number of carbonyl (C=O) groups is 3. The highest BCUT2D eigenvalue weighted by atomic mass is 16.4. The fraction of sp³-hybridized carbons (Fsp3) is 0.286. The van der Waals surface area contributed by atoms with Crippen molar-refractivity contribution in [2.24, 2.45) is 5.92 Å².